The van der Waals surface area contributed by atoms with Gasteiger partial charge in [-0.2, -0.15) is 0 Å². The van der Waals surface area contributed by atoms with E-state index < -0.39 is 0 Å². The fraction of sp³-hybridized carbons (Fsp3) is 1.00. The molecule has 0 aromatic rings. The monoisotopic (exact) mass is 255 g/mol. The number of nitrogens with zero attached hydrogens (tertiary/aromatic N) is 2. The molecule has 1 fully saturated rings. The van der Waals surface area contributed by atoms with E-state index in [1.54, 1.807) is 0 Å². The SMILES string of the molecule is CCNC(CN1CCCC(N(C)C)C1)C(C)CC. The first-order valence-corrected chi connectivity index (χ1v) is 7.70. The predicted octanol–water partition coefficient (Wildman–Crippen LogP) is 2.04. The van der Waals surface area contributed by atoms with Gasteiger partial charge in [-0.15, -0.1) is 0 Å². The fourth-order valence-electron chi connectivity index (χ4n) is 2.89. The van der Waals surface area contributed by atoms with Gasteiger partial charge < -0.3 is 15.1 Å². The van der Waals surface area contributed by atoms with Crippen molar-refractivity contribution in [2.75, 3.05) is 40.3 Å². The summed E-state index contributed by atoms with van der Waals surface area (Å²) in [7, 11) is 4.43. The largest absolute Gasteiger partial charge is 0.313 e. The number of likely N-dealkylation sites (N-methyl/N-ethyl adjacent to an activating group) is 2. The van der Waals surface area contributed by atoms with Crippen molar-refractivity contribution in [1.29, 1.82) is 0 Å². The Bertz CT molecular complexity index is 218. The number of piperidine rings is 1. The second kappa shape index (κ2) is 8.13. The van der Waals surface area contributed by atoms with Gasteiger partial charge in [0.2, 0.25) is 0 Å². The molecule has 1 rings (SSSR count). The normalized spacial score (nSPS) is 25.3. The van der Waals surface area contributed by atoms with Crippen LogP contribution in [0.3, 0.4) is 0 Å². The highest BCUT2D eigenvalue weighted by atomic mass is 15.2. The maximum Gasteiger partial charge on any atom is 0.0220 e. The summed E-state index contributed by atoms with van der Waals surface area (Å²) in [5.74, 6) is 0.768. The van der Waals surface area contributed by atoms with Crippen molar-refractivity contribution in [3.63, 3.8) is 0 Å². The number of rotatable bonds is 7. The van der Waals surface area contributed by atoms with Crippen LogP contribution in [0.25, 0.3) is 0 Å². The van der Waals surface area contributed by atoms with Crippen molar-refractivity contribution in [2.24, 2.45) is 5.92 Å². The number of likely N-dealkylation sites (tertiary alicyclic amines) is 1. The Morgan fingerprint density at radius 2 is 2.06 bits per heavy atom. The zero-order chi connectivity index (χ0) is 13.5. The van der Waals surface area contributed by atoms with E-state index in [4.69, 9.17) is 0 Å². The van der Waals surface area contributed by atoms with Gasteiger partial charge >= 0.3 is 0 Å². The summed E-state index contributed by atoms with van der Waals surface area (Å²) in [6, 6.07) is 1.40. The van der Waals surface area contributed by atoms with E-state index in [1.165, 1.54) is 38.9 Å². The van der Waals surface area contributed by atoms with Crippen LogP contribution in [0, 0.1) is 5.92 Å². The molecule has 0 aliphatic carbocycles. The van der Waals surface area contributed by atoms with Gasteiger partial charge in [0.05, 0.1) is 0 Å². The zero-order valence-electron chi connectivity index (χ0n) is 13.1. The third-order valence-electron chi connectivity index (χ3n) is 4.46. The van der Waals surface area contributed by atoms with Crippen LogP contribution in [0.1, 0.15) is 40.0 Å². The number of hydrogen-bond donors (Lipinski definition) is 1. The predicted molar refractivity (Wildman–Crippen MR) is 80.1 cm³/mol. The second-order valence-corrected chi connectivity index (χ2v) is 6.07. The van der Waals surface area contributed by atoms with E-state index in [0.717, 1.165) is 18.5 Å². The van der Waals surface area contributed by atoms with Gasteiger partial charge in [-0.25, -0.2) is 0 Å². The van der Waals surface area contributed by atoms with Gasteiger partial charge in [0.25, 0.3) is 0 Å². The van der Waals surface area contributed by atoms with Crippen molar-refractivity contribution in [3.05, 3.63) is 0 Å². The lowest BCUT2D eigenvalue weighted by Gasteiger charge is -2.39. The van der Waals surface area contributed by atoms with Gasteiger partial charge in [-0.05, 0) is 45.9 Å². The molecule has 3 nitrogen and oxygen atoms in total. The Kier molecular flexibility index (Phi) is 7.20. The minimum absolute atomic E-state index is 0.654. The Hall–Kier alpha value is -0.120. The van der Waals surface area contributed by atoms with E-state index in [1.807, 2.05) is 0 Å². The fourth-order valence-corrected chi connectivity index (χ4v) is 2.89. The average molecular weight is 255 g/mol. The van der Waals surface area contributed by atoms with E-state index in [-0.39, 0.29) is 0 Å². The van der Waals surface area contributed by atoms with E-state index in [2.05, 4.69) is 50.0 Å². The first-order valence-electron chi connectivity index (χ1n) is 7.70. The molecular weight excluding hydrogens is 222 g/mol. The molecule has 3 atom stereocenters. The standard InChI is InChI=1S/C15H33N3/c1-6-13(3)15(16-7-2)12-18-10-8-9-14(11-18)17(4)5/h13-16H,6-12H2,1-5H3. The second-order valence-electron chi connectivity index (χ2n) is 6.07. The molecule has 0 aromatic carbocycles. The summed E-state index contributed by atoms with van der Waals surface area (Å²) in [4.78, 5) is 5.05. The highest BCUT2D eigenvalue weighted by Crippen LogP contribution is 2.16. The summed E-state index contributed by atoms with van der Waals surface area (Å²) >= 11 is 0. The van der Waals surface area contributed by atoms with Crippen LogP contribution in [0.5, 0.6) is 0 Å². The summed E-state index contributed by atoms with van der Waals surface area (Å²) in [6.07, 6.45) is 3.98. The molecule has 0 aromatic heterocycles. The van der Waals surface area contributed by atoms with E-state index >= 15 is 0 Å². The summed E-state index contributed by atoms with van der Waals surface area (Å²) in [5.41, 5.74) is 0. The molecule has 1 N–H and O–H groups in total. The molecule has 0 radical (unpaired) electrons. The maximum absolute atomic E-state index is 3.67. The van der Waals surface area contributed by atoms with Crippen LogP contribution in [0.15, 0.2) is 0 Å². The zero-order valence-corrected chi connectivity index (χ0v) is 13.1. The van der Waals surface area contributed by atoms with Gasteiger partial charge in [0.15, 0.2) is 0 Å². The molecule has 0 spiro atoms. The molecular formula is C15H33N3. The van der Waals surface area contributed by atoms with Gasteiger partial charge in [0, 0.05) is 25.2 Å². The molecule has 0 bridgehead atoms. The van der Waals surface area contributed by atoms with E-state index in [9.17, 15) is 0 Å². The maximum atomic E-state index is 3.67. The Labute approximate surface area is 114 Å². The Morgan fingerprint density at radius 1 is 1.33 bits per heavy atom. The minimum atomic E-state index is 0.654. The molecule has 3 heteroatoms. The van der Waals surface area contributed by atoms with Crippen molar-refractivity contribution in [2.45, 2.75) is 52.1 Å². The lowest BCUT2D eigenvalue weighted by atomic mass is 9.97. The number of hydrogen-bond acceptors (Lipinski definition) is 3. The van der Waals surface area contributed by atoms with Gasteiger partial charge in [0.1, 0.15) is 0 Å². The summed E-state index contributed by atoms with van der Waals surface area (Å²) in [5, 5.41) is 3.67. The van der Waals surface area contributed by atoms with Crippen LogP contribution in [0.2, 0.25) is 0 Å². The lowest BCUT2D eigenvalue weighted by Crippen LogP contribution is -2.51. The Morgan fingerprint density at radius 3 is 2.61 bits per heavy atom. The minimum Gasteiger partial charge on any atom is -0.313 e. The average Bonchev–Trinajstić information content (AvgIpc) is 2.37. The van der Waals surface area contributed by atoms with Crippen molar-refractivity contribution in [1.82, 2.24) is 15.1 Å². The Balaban J connectivity index is 2.47. The van der Waals surface area contributed by atoms with E-state index in [0.29, 0.717) is 6.04 Å². The quantitative estimate of drug-likeness (QED) is 0.751. The topological polar surface area (TPSA) is 18.5 Å². The first kappa shape index (κ1) is 15.9. The highest BCUT2D eigenvalue weighted by Gasteiger charge is 2.24. The van der Waals surface area contributed by atoms with Crippen LogP contribution < -0.4 is 5.32 Å². The highest BCUT2D eigenvalue weighted by molar-refractivity contribution is 4.83. The molecule has 1 heterocycles. The summed E-state index contributed by atoms with van der Waals surface area (Å²) in [6.45, 7) is 11.7. The molecule has 1 saturated heterocycles. The van der Waals surface area contributed by atoms with Crippen molar-refractivity contribution in [3.8, 4) is 0 Å². The van der Waals surface area contributed by atoms with Gasteiger partial charge in [-0.3, -0.25) is 0 Å². The van der Waals surface area contributed by atoms with Crippen LogP contribution >= 0.6 is 0 Å². The third-order valence-corrected chi connectivity index (χ3v) is 4.46. The number of nitrogens with one attached hydrogen (secondary N) is 1. The molecule has 18 heavy (non-hydrogen) atoms. The van der Waals surface area contributed by atoms with Crippen LogP contribution in [-0.4, -0.2) is 62.2 Å². The lowest BCUT2D eigenvalue weighted by molar-refractivity contribution is 0.115. The smallest absolute Gasteiger partial charge is 0.0220 e. The summed E-state index contributed by atoms with van der Waals surface area (Å²) < 4.78 is 0. The van der Waals surface area contributed by atoms with Gasteiger partial charge in [-0.1, -0.05) is 27.2 Å². The molecule has 0 saturated carbocycles. The van der Waals surface area contributed by atoms with Crippen molar-refractivity contribution < 1.29 is 0 Å². The van der Waals surface area contributed by atoms with Crippen molar-refractivity contribution >= 4 is 0 Å². The third kappa shape index (κ3) is 4.87. The van der Waals surface area contributed by atoms with Crippen LogP contribution in [0.4, 0.5) is 0 Å². The van der Waals surface area contributed by atoms with Crippen LogP contribution in [-0.2, 0) is 0 Å². The molecule has 0 amide bonds. The molecule has 1 aliphatic heterocycles. The molecule has 1 aliphatic rings. The molecule has 108 valence electrons. The first-order chi connectivity index (χ1) is 8.58. The molecule has 3 unspecified atom stereocenters.